The molecule has 0 radical (unpaired) electrons. The van der Waals surface area contributed by atoms with Crippen LogP contribution in [0.25, 0.3) is 0 Å². The molecular formula is C15H21NO2. The monoisotopic (exact) mass is 247 g/mol. The topological polar surface area (TPSA) is 49.3 Å². The fourth-order valence-corrected chi connectivity index (χ4v) is 2.02. The van der Waals surface area contributed by atoms with E-state index >= 15 is 0 Å². The molecule has 0 aliphatic heterocycles. The number of hydrogen-bond donors (Lipinski definition) is 2. The van der Waals surface area contributed by atoms with Crippen LogP contribution in [0.3, 0.4) is 0 Å². The van der Waals surface area contributed by atoms with Gasteiger partial charge >= 0.3 is 0 Å². The van der Waals surface area contributed by atoms with Crippen molar-refractivity contribution in [2.75, 3.05) is 6.54 Å². The highest BCUT2D eigenvalue weighted by molar-refractivity contribution is 5.75. The third-order valence-corrected chi connectivity index (χ3v) is 3.40. The van der Waals surface area contributed by atoms with E-state index in [0.717, 1.165) is 17.9 Å². The maximum absolute atomic E-state index is 11.5. The number of rotatable bonds is 7. The first kappa shape index (κ1) is 13.1. The summed E-state index contributed by atoms with van der Waals surface area (Å²) in [5, 5.41) is 12.8. The summed E-state index contributed by atoms with van der Waals surface area (Å²) < 4.78 is 0. The van der Waals surface area contributed by atoms with Gasteiger partial charge in [-0.15, -0.1) is 0 Å². The number of amides is 1. The Morgan fingerprint density at radius 3 is 2.72 bits per heavy atom. The second-order valence-electron chi connectivity index (χ2n) is 5.05. The number of benzene rings is 1. The fraction of sp³-hybridized carbons (Fsp3) is 0.533. The van der Waals surface area contributed by atoms with Crippen LogP contribution in [-0.4, -0.2) is 17.6 Å². The zero-order chi connectivity index (χ0) is 12.8. The van der Waals surface area contributed by atoms with E-state index in [2.05, 4.69) is 5.32 Å². The van der Waals surface area contributed by atoms with E-state index < -0.39 is 6.10 Å². The second kappa shape index (κ2) is 6.55. The molecule has 1 aromatic rings. The fourth-order valence-electron chi connectivity index (χ4n) is 2.02. The van der Waals surface area contributed by atoms with Crippen molar-refractivity contribution in [1.29, 1.82) is 0 Å². The third kappa shape index (κ3) is 4.49. The average molecular weight is 247 g/mol. The van der Waals surface area contributed by atoms with Crippen molar-refractivity contribution < 1.29 is 9.90 Å². The van der Waals surface area contributed by atoms with Gasteiger partial charge in [0.2, 0.25) is 5.91 Å². The quantitative estimate of drug-likeness (QED) is 0.777. The summed E-state index contributed by atoms with van der Waals surface area (Å²) in [6.07, 6.45) is 4.31. The zero-order valence-electron chi connectivity index (χ0n) is 10.6. The van der Waals surface area contributed by atoms with Crippen molar-refractivity contribution >= 4 is 5.91 Å². The molecule has 18 heavy (non-hydrogen) atoms. The molecule has 0 bridgehead atoms. The van der Waals surface area contributed by atoms with E-state index in [-0.39, 0.29) is 5.91 Å². The Kier molecular flexibility index (Phi) is 4.76. The Bertz CT molecular complexity index is 373. The van der Waals surface area contributed by atoms with Crippen molar-refractivity contribution in [3.05, 3.63) is 35.9 Å². The Hall–Kier alpha value is -1.35. The molecule has 1 fully saturated rings. The molecule has 1 amide bonds. The van der Waals surface area contributed by atoms with Crippen LogP contribution in [0.2, 0.25) is 0 Å². The van der Waals surface area contributed by atoms with Crippen LogP contribution < -0.4 is 5.32 Å². The van der Waals surface area contributed by atoms with Gasteiger partial charge in [-0.3, -0.25) is 4.79 Å². The molecule has 0 aromatic heterocycles. The molecule has 0 spiro atoms. The molecule has 2 N–H and O–H groups in total. The van der Waals surface area contributed by atoms with Gasteiger partial charge < -0.3 is 10.4 Å². The van der Waals surface area contributed by atoms with Crippen molar-refractivity contribution in [1.82, 2.24) is 5.32 Å². The first-order valence-electron chi connectivity index (χ1n) is 6.75. The molecule has 1 aromatic carbocycles. The smallest absolute Gasteiger partial charge is 0.220 e. The molecule has 3 nitrogen and oxygen atoms in total. The number of carbonyl (C=O) groups is 1. The Labute approximate surface area is 108 Å². The van der Waals surface area contributed by atoms with Crippen LogP contribution in [-0.2, 0) is 4.79 Å². The molecule has 98 valence electrons. The minimum Gasteiger partial charge on any atom is -0.388 e. The van der Waals surface area contributed by atoms with E-state index in [0.29, 0.717) is 19.4 Å². The van der Waals surface area contributed by atoms with Crippen LogP contribution >= 0.6 is 0 Å². The maximum atomic E-state index is 11.5. The van der Waals surface area contributed by atoms with Crippen LogP contribution in [0.1, 0.15) is 43.8 Å². The van der Waals surface area contributed by atoms with Gasteiger partial charge in [-0.25, -0.2) is 0 Å². The lowest BCUT2D eigenvalue weighted by molar-refractivity contribution is -0.121. The average Bonchev–Trinajstić information content (AvgIpc) is 3.21. The third-order valence-electron chi connectivity index (χ3n) is 3.40. The summed E-state index contributed by atoms with van der Waals surface area (Å²) >= 11 is 0. The summed E-state index contributed by atoms with van der Waals surface area (Å²) in [5.41, 5.74) is 0.907. The summed E-state index contributed by atoms with van der Waals surface area (Å²) in [5.74, 6) is 0.910. The van der Waals surface area contributed by atoms with Gasteiger partial charge in [0.25, 0.3) is 0 Å². The number of nitrogens with one attached hydrogen (secondary N) is 1. The zero-order valence-corrected chi connectivity index (χ0v) is 10.6. The van der Waals surface area contributed by atoms with Crippen molar-refractivity contribution in [2.24, 2.45) is 5.92 Å². The number of hydrogen-bond acceptors (Lipinski definition) is 2. The lowest BCUT2D eigenvalue weighted by Crippen LogP contribution is -2.25. The molecule has 0 heterocycles. The number of carbonyl (C=O) groups excluding carboxylic acids is 1. The molecule has 1 saturated carbocycles. The standard InChI is InChI=1S/C15H21NO2/c17-14(13-4-2-1-3-5-13)10-11-16-15(18)9-8-12-6-7-12/h1-5,12,14,17H,6-11H2,(H,16,18). The van der Waals surface area contributed by atoms with Crippen molar-refractivity contribution in [3.8, 4) is 0 Å². The predicted molar refractivity (Wildman–Crippen MR) is 71.0 cm³/mol. The van der Waals surface area contributed by atoms with E-state index in [4.69, 9.17) is 0 Å². The van der Waals surface area contributed by atoms with E-state index in [1.807, 2.05) is 30.3 Å². The van der Waals surface area contributed by atoms with Gasteiger partial charge in [0.05, 0.1) is 6.10 Å². The highest BCUT2D eigenvalue weighted by Gasteiger charge is 2.21. The van der Waals surface area contributed by atoms with Gasteiger partial charge in [-0.2, -0.15) is 0 Å². The normalized spacial score (nSPS) is 16.3. The van der Waals surface area contributed by atoms with E-state index in [9.17, 15) is 9.90 Å². The predicted octanol–water partition coefficient (Wildman–Crippen LogP) is 2.42. The van der Waals surface area contributed by atoms with Gasteiger partial charge in [0.15, 0.2) is 0 Å². The van der Waals surface area contributed by atoms with Crippen LogP contribution in [0.15, 0.2) is 30.3 Å². The molecule has 3 heteroatoms. The molecule has 2 rings (SSSR count). The molecule has 1 atom stereocenters. The molecule has 1 aliphatic carbocycles. The van der Waals surface area contributed by atoms with Crippen LogP contribution in [0, 0.1) is 5.92 Å². The van der Waals surface area contributed by atoms with E-state index in [1.165, 1.54) is 12.8 Å². The van der Waals surface area contributed by atoms with Gasteiger partial charge in [0, 0.05) is 13.0 Å². The lowest BCUT2D eigenvalue weighted by atomic mass is 10.1. The second-order valence-corrected chi connectivity index (χ2v) is 5.05. The minimum atomic E-state index is -0.491. The van der Waals surface area contributed by atoms with Gasteiger partial charge in [-0.05, 0) is 24.3 Å². The molecule has 1 aliphatic rings. The maximum Gasteiger partial charge on any atom is 0.220 e. The molecule has 0 saturated heterocycles. The Balaban J connectivity index is 1.60. The van der Waals surface area contributed by atoms with Crippen molar-refractivity contribution in [3.63, 3.8) is 0 Å². The first-order chi connectivity index (χ1) is 8.75. The van der Waals surface area contributed by atoms with Crippen molar-refractivity contribution in [2.45, 2.75) is 38.2 Å². The number of aliphatic hydroxyl groups is 1. The molecule has 1 unspecified atom stereocenters. The lowest BCUT2D eigenvalue weighted by Gasteiger charge is -2.11. The molecular weight excluding hydrogens is 226 g/mol. The summed E-state index contributed by atoms with van der Waals surface area (Å²) in [7, 11) is 0. The Morgan fingerprint density at radius 2 is 2.06 bits per heavy atom. The highest BCUT2D eigenvalue weighted by atomic mass is 16.3. The summed E-state index contributed by atoms with van der Waals surface area (Å²) in [6, 6.07) is 9.55. The Morgan fingerprint density at radius 1 is 1.33 bits per heavy atom. The number of aliphatic hydroxyl groups excluding tert-OH is 1. The highest BCUT2D eigenvalue weighted by Crippen LogP contribution is 2.33. The van der Waals surface area contributed by atoms with E-state index in [1.54, 1.807) is 0 Å². The van der Waals surface area contributed by atoms with Gasteiger partial charge in [0.1, 0.15) is 0 Å². The van der Waals surface area contributed by atoms with Crippen LogP contribution in [0.5, 0.6) is 0 Å². The van der Waals surface area contributed by atoms with Gasteiger partial charge in [-0.1, -0.05) is 43.2 Å². The first-order valence-corrected chi connectivity index (χ1v) is 6.75. The van der Waals surface area contributed by atoms with Crippen LogP contribution in [0.4, 0.5) is 0 Å². The minimum absolute atomic E-state index is 0.113. The summed E-state index contributed by atoms with van der Waals surface area (Å²) in [6.45, 7) is 0.541. The summed E-state index contributed by atoms with van der Waals surface area (Å²) in [4.78, 5) is 11.5. The largest absolute Gasteiger partial charge is 0.388 e. The SMILES string of the molecule is O=C(CCC1CC1)NCCC(O)c1ccccc1.